The van der Waals surface area contributed by atoms with Gasteiger partial charge in [0.15, 0.2) is 0 Å². The van der Waals surface area contributed by atoms with Crippen molar-refractivity contribution in [2.75, 3.05) is 18.0 Å². The van der Waals surface area contributed by atoms with Gasteiger partial charge in [0.05, 0.1) is 10.7 Å². The molecule has 0 spiro atoms. The highest BCUT2D eigenvalue weighted by atomic mass is 35.5. The maximum Gasteiger partial charge on any atom is 0.0642 e. The molecule has 2 rings (SSSR count). The number of hydrogen-bond donors (Lipinski definition) is 1. The van der Waals surface area contributed by atoms with Crippen molar-refractivity contribution in [3.63, 3.8) is 0 Å². The lowest BCUT2D eigenvalue weighted by molar-refractivity contribution is 0.450. The third kappa shape index (κ3) is 2.99. The lowest BCUT2D eigenvalue weighted by Crippen LogP contribution is -2.39. The molecule has 0 aromatic heterocycles. The first-order chi connectivity index (χ1) is 8.76. The van der Waals surface area contributed by atoms with E-state index in [0.29, 0.717) is 12.6 Å². The molecular weight excluding hydrogens is 244 g/mol. The molecule has 0 bridgehead atoms. The molecule has 0 radical (unpaired) electrons. The van der Waals surface area contributed by atoms with Crippen LogP contribution in [0, 0.1) is 0 Å². The van der Waals surface area contributed by atoms with Crippen LogP contribution in [0.4, 0.5) is 5.69 Å². The number of nitrogens with two attached hydrogens (primary N) is 1. The van der Waals surface area contributed by atoms with Crippen molar-refractivity contribution in [3.8, 4) is 0 Å². The SMILES string of the molecule is CCC1CCCCN1c1ccc(CCN)cc1Cl. The summed E-state index contributed by atoms with van der Waals surface area (Å²) in [4.78, 5) is 2.48. The van der Waals surface area contributed by atoms with Crippen LogP contribution in [0.25, 0.3) is 0 Å². The van der Waals surface area contributed by atoms with Gasteiger partial charge in [-0.15, -0.1) is 0 Å². The van der Waals surface area contributed by atoms with Crippen LogP contribution >= 0.6 is 11.6 Å². The van der Waals surface area contributed by atoms with Crippen molar-refractivity contribution in [3.05, 3.63) is 28.8 Å². The van der Waals surface area contributed by atoms with E-state index in [1.807, 2.05) is 0 Å². The van der Waals surface area contributed by atoms with E-state index in [4.69, 9.17) is 17.3 Å². The van der Waals surface area contributed by atoms with E-state index in [1.165, 1.54) is 36.9 Å². The molecule has 1 unspecified atom stereocenters. The van der Waals surface area contributed by atoms with E-state index < -0.39 is 0 Å². The molecule has 1 aliphatic rings. The first kappa shape index (κ1) is 13.7. The highest BCUT2D eigenvalue weighted by molar-refractivity contribution is 6.33. The van der Waals surface area contributed by atoms with E-state index in [-0.39, 0.29) is 0 Å². The largest absolute Gasteiger partial charge is 0.367 e. The number of anilines is 1. The Kier molecular flexibility index (Phi) is 4.90. The van der Waals surface area contributed by atoms with Crippen LogP contribution in [0.2, 0.25) is 5.02 Å². The molecular formula is C15H23ClN2. The molecule has 1 saturated heterocycles. The summed E-state index contributed by atoms with van der Waals surface area (Å²) in [5.74, 6) is 0. The molecule has 1 fully saturated rings. The zero-order valence-corrected chi connectivity index (χ0v) is 11.9. The first-order valence-electron chi connectivity index (χ1n) is 7.01. The highest BCUT2D eigenvalue weighted by Crippen LogP contribution is 2.32. The van der Waals surface area contributed by atoms with Crippen molar-refractivity contribution >= 4 is 17.3 Å². The molecule has 3 heteroatoms. The Morgan fingerprint density at radius 1 is 1.39 bits per heavy atom. The Morgan fingerprint density at radius 2 is 2.22 bits per heavy atom. The lowest BCUT2D eigenvalue weighted by atomic mass is 9.99. The van der Waals surface area contributed by atoms with Crippen molar-refractivity contribution in [2.24, 2.45) is 5.73 Å². The van der Waals surface area contributed by atoms with E-state index in [9.17, 15) is 0 Å². The Hall–Kier alpha value is -0.730. The van der Waals surface area contributed by atoms with Crippen molar-refractivity contribution in [2.45, 2.75) is 45.1 Å². The number of piperidine rings is 1. The summed E-state index contributed by atoms with van der Waals surface area (Å²) in [6.07, 6.45) is 6.00. The van der Waals surface area contributed by atoms with E-state index in [0.717, 1.165) is 18.0 Å². The summed E-state index contributed by atoms with van der Waals surface area (Å²) >= 11 is 6.44. The minimum Gasteiger partial charge on any atom is -0.367 e. The van der Waals surface area contributed by atoms with Crippen molar-refractivity contribution < 1.29 is 0 Å². The molecule has 100 valence electrons. The normalized spacial score (nSPS) is 20.2. The average Bonchev–Trinajstić information content (AvgIpc) is 2.39. The van der Waals surface area contributed by atoms with E-state index in [1.54, 1.807) is 0 Å². The summed E-state index contributed by atoms with van der Waals surface area (Å²) < 4.78 is 0. The van der Waals surface area contributed by atoms with Crippen LogP contribution in [0.15, 0.2) is 18.2 Å². The summed E-state index contributed by atoms with van der Waals surface area (Å²) in [6.45, 7) is 4.07. The Bertz CT molecular complexity index is 392. The fraction of sp³-hybridized carbons (Fsp3) is 0.600. The van der Waals surface area contributed by atoms with Gasteiger partial charge in [-0.3, -0.25) is 0 Å². The maximum absolute atomic E-state index is 6.44. The molecule has 0 saturated carbocycles. The molecule has 2 N–H and O–H groups in total. The number of benzene rings is 1. The zero-order valence-electron chi connectivity index (χ0n) is 11.2. The second-order valence-corrected chi connectivity index (χ2v) is 5.48. The Morgan fingerprint density at radius 3 is 2.89 bits per heavy atom. The highest BCUT2D eigenvalue weighted by Gasteiger charge is 2.22. The second kappa shape index (κ2) is 6.44. The van der Waals surface area contributed by atoms with Gasteiger partial charge >= 0.3 is 0 Å². The lowest BCUT2D eigenvalue weighted by Gasteiger charge is -2.37. The average molecular weight is 267 g/mol. The van der Waals surface area contributed by atoms with Crippen molar-refractivity contribution in [1.29, 1.82) is 0 Å². The van der Waals surface area contributed by atoms with Gasteiger partial charge in [0.1, 0.15) is 0 Å². The second-order valence-electron chi connectivity index (χ2n) is 5.08. The summed E-state index contributed by atoms with van der Waals surface area (Å²) in [7, 11) is 0. The number of rotatable bonds is 4. The van der Waals surface area contributed by atoms with Crippen LogP contribution in [0.5, 0.6) is 0 Å². The molecule has 1 aromatic carbocycles. The van der Waals surface area contributed by atoms with E-state index in [2.05, 4.69) is 30.0 Å². The van der Waals surface area contributed by atoms with Gasteiger partial charge in [-0.1, -0.05) is 24.6 Å². The monoisotopic (exact) mass is 266 g/mol. The van der Waals surface area contributed by atoms with E-state index >= 15 is 0 Å². The predicted octanol–water partition coefficient (Wildman–Crippen LogP) is 3.61. The number of hydrogen-bond acceptors (Lipinski definition) is 2. The van der Waals surface area contributed by atoms with Crippen LogP contribution in [0.3, 0.4) is 0 Å². The standard InChI is InChI=1S/C15H23ClN2/c1-2-13-5-3-4-10-18(13)15-7-6-12(8-9-17)11-14(15)16/h6-7,11,13H,2-5,8-10,17H2,1H3. The fourth-order valence-corrected chi connectivity index (χ4v) is 3.16. The quantitative estimate of drug-likeness (QED) is 0.902. The molecule has 18 heavy (non-hydrogen) atoms. The first-order valence-corrected chi connectivity index (χ1v) is 7.39. The Labute approximate surface area is 115 Å². The third-order valence-electron chi connectivity index (χ3n) is 3.85. The molecule has 1 heterocycles. The van der Waals surface area contributed by atoms with Crippen LogP contribution in [-0.4, -0.2) is 19.1 Å². The van der Waals surface area contributed by atoms with Gasteiger partial charge in [-0.05, 0) is 56.3 Å². The summed E-state index contributed by atoms with van der Waals surface area (Å²) in [6, 6.07) is 7.05. The fourth-order valence-electron chi connectivity index (χ4n) is 2.85. The smallest absolute Gasteiger partial charge is 0.0642 e. The predicted molar refractivity (Wildman–Crippen MR) is 79.5 cm³/mol. The number of halogens is 1. The van der Waals surface area contributed by atoms with Gasteiger partial charge in [0.25, 0.3) is 0 Å². The summed E-state index contributed by atoms with van der Waals surface area (Å²) in [5.41, 5.74) is 8.01. The minimum absolute atomic E-state index is 0.650. The van der Waals surface area contributed by atoms with Crippen LogP contribution < -0.4 is 10.6 Å². The summed E-state index contributed by atoms with van der Waals surface area (Å²) in [5, 5.41) is 0.876. The van der Waals surface area contributed by atoms with Gasteiger partial charge < -0.3 is 10.6 Å². The molecule has 1 atom stereocenters. The molecule has 1 aliphatic heterocycles. The van der Waals surface area contributed by atoms with Gasteiger partial charge in [0, 0.05) is 12.6 Å². The molecule has 0 aliphatic carbocycles. The van der Waals surface area contributed by atoms with Gasteiger partial charge in [-0.25, -0.2) is 0 Å². The Balaban J connectivity index is 2.21. The minimum atomic E-state index is 0.650. The van der Waals surface area contributed by atoms with Crippen LogP contribution in [0.1, 0.15) is 38.2 Å². The van der Waals surface area contributed by atoms with Gasteiger partial charge in [0.2, 0.25) is 0 Å². The molecule has 0 amide bonds. The third-order valence-corrected chi connectivity index (χ3v) is 4.16. The van der Waals surface area contributed by atoms with Crippen LogP contribution in [-0.2, 0) is 6.42 Å². The molecule has 2 nitrogen and oxygen atoms in total. The van der Waals surface area contributed by atoms with Crippen molar-refractivity contribution in [1.82, 2.24) is 0 Å². The van der Waals surface area contributed by atoms with Gasteiger partial charge in [-0.2, -0.15) is 0 Å². The number of nitrogens with zero attached hydrogens (tertiary/aromatic N) is 1. The molecule has 1 aromatic rings. The topological polar surface area (TPSA) is 29.3 Å². The maximum atomic E-state index is 6.44. The zero-order chi connectivity index (χ0) is 13.0.